The van der Waals surface area contributed by atoms with Crippen molar-refractivity contribution in [1.29, 1.82) is 0 Å². The molecule has 34 heavy (non-hydrogen) atoms. The van der Waals surface area contributed by atoms with Crippen LogP contribution in [0.3, 0.4) is 0 Å². The smallest absolute Gasteiger partial charge is 0.274 e. The van der Waals surface area contributed by atoms with Crippen LogP contribution in [0.1, 0.15) is 66.6 Å². The van der Waals surface area contributed by atoms with Gasteiger partial charge in [-0.05, 0) is 24.0 Å². The molecule has 0 unspecified atom stereocenters. The molecule has 1 heterocycles. The molecular weight excluding hydrogens is 424 g/mol. The third-order valence-corrected chi connectivity index (χ3v) is 5.87. The summed E-state index contributed by atoms with van der Waals surface area (Å²) >= 11 is 0. The van der Waals surface area contributed by atoms with Crippen molar-refractivity contribution < 1.29 is 9.59 Å². The number of hydrogen-bond acceptors (Lipinski definition) is 4. The number of carbonyl (C=O) groups is 2. The molecule has 0 atom stereocenters. The van der Waals surface area contributed by atoms with Crippen LogP contribution < -0.4 is 5.32 Å². The van der Waals surface area contributed by atoms with Crippen molar-refractivity contribution in [2.75, 3.05) is 19.6 Å². The van der Waals surface area contributed by atoms with E-state index in [1.54, 1.807) is 11.1 Å². The van der Waals surface area contributed by atoms with Gasteiger partial charge in [-0.3, -0.25) is 14.6 Å². The summed E-state index contributed by atoms with van der Waals surface area (Å²) in [6, 6.07) is 20.7. The minimum absolute atomic E-state index is 0.0488. The van der Waals surface area contributed by atoms with Gasteiger partial charge in [-0.25, -0.2) is 4.98 Å². The van der Waals surface area contributed by atoms with Gasteiger partial charge in [0.15, 0.2) is 0 Å². The third kappa shape index (κ3) is 7.80. The Labute approximate surface area is 202 Å². The Hall–Kier alpha value is -3.54. The van der Waals surface area contributed by atoms with Crippen LogP contribution in [0.2, 0.25) is 0 Å². The minimum atomic E-state index is -0.176. The van der Waals surface area contributed by atoms with E-state index in [0.717, 1.165) is 25.7 Å². The number of amides is 2. The lowest BCUT2D eigenvalue weighted by molar-refractivity contribution is -0.121. The molecule has 0 aliphatic carbocycles. The molecule has 2 amide bonds. The number of benzene rings is 2. The SMILES string of the molecule is CCCCCN(CCC(=O)NCCC(c1ccccc1)c1ccccc1)C(=O)c1cnccn1. The molecule has 1 N–H and O–H groups in total. The fourth-order valence-electron chi connectivity index (χ4n) is 4.02. The Morgan fingerprint density at radius 2 is 1.59 bits per heavy atom. The molecule has 6 heteroatoms. The Kier molecular flexibility index (Phi) is 10.2. The van der Waals surface area contributed by atoms with Gasteiger partial charge in [0.2, 0.25) is 5.91 Å². The summed E-state index contributed by atoms with van der Waals surface area (Å²) < 4.78 is 0. The number of nitrogens with one attached hydrogen (secondary N) is 1. The largest absolute Gasteiger partial charge is 0.356 e. The normalized spacial score (nSPS) is 10.8. The molecule has 0 fully saturated rings. The maximum absolute atomic E-state index is 12.9. The van der Waals surface area contributed by atoms with Crippen molar-refractivity contribution in [2.45, 2.75) is 44.9 Å². The molecular formula is C28H34N4O2. The van der Waals surface area contributed by atoms with E-state index in [0.29, 0.717) is 25.3 Å². The number of unbranched alkanes of at least 4 members (excludes halogenated alkanes) is 2. The van der Waals surface area contributed by atoms with Gasteiger partial charge in [0, 0.05) is 44.4 Å². The maximum atomic E-state index is 12.9. The summed E-state index contributed by atoms with van der Waals surface area (Å²) in [6.45, 7) is 3.67. The molecule has 0 bridgehead atoms. The average molecular weight is 459 g/mol. The zero-order valence-electron chi connectivity index (χ0n) is 19.9. The lowest BCUT2D eigenvalue weighted by atomic mass is 9.88. The number of hydrogen-bond donors (Lipinski definition) is 1. The van der Waals surface area contributed by atoms with Gasteiger partial charge in [-0.1, -0.05) is 80.4 Å². The number of rotatable bonds is 13. The molecule has 0 aliphatic rings. The number of nitrogens with zero attached hydrogens (tertiary/aromatic N) is 3. The molecule has 2 aromatic carbocycles. The Morgan fingerprint density at radius 3 is 2.18 bits per heavy atom. The predicted octanol–water partition coefficient (Wildman–Crippen LogP) is 4.84. The van der Waals surface area contributed by atoms with Crippen LogP contribution in [0.4, 0.5) is 0 Å². The van der Waals surface area contributed by atoms with Crippen molar-refractivity contribution in [1.82, 2.24) is 20.2 Å². The summed E-state index contributed by atoms with van der Waals surface area (Å²) in [7, 11) is 0. The first-order chi connectivity index (χ1) is 16.7. The topological polar surface area (TPSA) is 75.2 Å². The van der Waals surface area contributed by atoms with Crippen molar-refractivity contribution in [2.24, 2.45) is 0 Å². The van der Waals surface area contributed by atoms with Crippen molar-refractivity contribution in [3.8, 4) is 0 Å². The zero-order chi connectivity index (χ0) is 24.0. The van der Waals surface area contributed by atoms with Crippen LogP contribution >= 0.6 is 0 Å². The van der Waals surface area contributed by atoms with E-state index in [1.165, 1.54) is 23.5 Å². The molecule has 3 aromatic rings. The first kappa shape index (κ1) is 25.1. The van der Waals surface area contributed by atoms with E-state index in [4.69, 9.17) is 0 Å². The van der Waals surface area contributed by atoms with Gasteiger partial charge in [-0.2, -0.15) is 0 Å². The number of carbonyl (C=O) groups excluding carboxylic acids is 2. The Balaban J connectivity index is 1.54. The molecule has 178 valence electrons. The monoisotopic (exact) mass is 458 g/mol. The second-order valence-corrected chi connectivity index (χ2v) is 8.35. The van der Waals surface area contributed by atoms with E-state index >= 15 is 0 Å². The first-order valence-corrected chi connectivity index (χ1v) is 12.1. The lowest BCUT2D eigenvalue weighted by Gasteiger charge is -2.22. The van der Waals surface area contributed by atoms with Crippen molar-refractivity contribution in [3.63, 3.8) is 0 Å². The van der Waals surface area contributed by atoms with Crippen LogP contribution in [0.15, 0.2) is 79.3 Å². The summed E-state index contributed by atoms with van der Waals surface area (Å²) in [5.74, 6) is -0.0102. The Bertz CT molecular complexity index is 957. The lowest BCUT2D eigenvalue weighted by Crippen LogP contribution is -2.36. The van der Waals surface area contributed by atoms with Gasteiger partial charge >= 0.3 is 0 Å². The quantitative estimate of drug-likeness (QED) is 0.372. The second-order valence-electron chi connectivity index (χ2n) is 8.35. The van der Waals surface area contributed by atoms with E-state index in [9.17, 15) is 9.59 Å². The Morgan fingerprint density at radius 1 is 0.912 bits per heavy atom. The van der Waals surface area contributed by atoms with Gasteiger partial charge in [0.1, 0.15) is 5.69 Å². The fraction of sp³-hybridized carbons (Fsp3) is 0.357. The molecule has 3 rings (SSSR count). The van der Waals surface area contributed by atoms with Gasteiger partial charge in [0.05, 0.1) is 6.20 Å². The summed E-state index contributed by atoms with van der Waals surface area (Å²) in [5, 5.41) is 3.05. The summed E-state index contributed by atoms with van der Waals surface area (Å²) in [6.07, 6.45) is 8.61. The molecule has 0 radical (unpaired) electrons. The van der Waals surface area contributed by atoms with Gasteiger partial charge in [-0.15, -0.1) is 0 Å². The van der Waals surface area contributed by atoms with Gasteiger partial charge in [0.25, 0.3) is 5.91 Å². The van der Waals surface area contributed by atoms with E-state index in [1.807, 2.05) is 36.4 Å². The summed E-state index contributed by atoms with van der Waals surface area (Å²) in [4.78, 5) is 35.3. The highest BCUT2D eigenvalue weighted by molar-refractivity contribution is 5.92. The van der Waals surface area contributed by atoms with Crippen molar-refractivity contribution in [3.05, 3.63) is 96.1 Å². The van der Waals surface area contributed by atoms with E-state index in [2.05, 4.69) is 46.5 Å². The van der Waals surface area contributed by atoms with E-state index < -0.39 is 0 Å². The molecule has 6 nitrogen and oxygen atoms in total. The molecule has 0 saturated heterocycles. The highest BCUT2D eigenvalue weighted by Crippen LogP contribution is 2.27. The molecule has 0 spiro atoms. The van der Waals surface area contributed by atoms with Crippen LogP contribution in [0, 0.1) is 0 Å². The highest BCUT2D eigenvalue weighted by Gasteiger charge is 2.18. The standard InChI is InChI=1S/C28H34N4O2/c1-2-3-10-20-32(28(34)26-22-29-18-19-30-26)21-16-27(33)31-17-15-25(23-11-6-4-7-12-23)24-13-8-5-9-14-24/h4-9,11-14,18-19,22,25H,2-3,10,15-17,20-21H2,1H3,(H,31,33). The number of aromatic nitrogens is 2. The van der Waals surface area contributed by atoms with Crippen LogP contribution in [-0.4, -0.2) is 46.3 Å². The molecule has 0 aliphatic heterocycles. The third-order valence-electron chi connectivity index (χ3n) is 5.87. The maximum Gasteiger partial charge on any atom is 0.274 e. The summed E-state index contributed by atoms with van der Waals surface area (Å²) in [5.41, 5.74) is 2.78. The second kappa shape index (κ2) is 13.9. The average Bonchev–Trinajstić information content (AvgIpc) is 2.90. The predicted molar refractivity (Wildman–Crippen MR) is 134 cm³/mol. The van der Waals surface area contributed by atoms with Crippen LogP contribution in [0.5, 0.6) is 0 Å². The first-order valence-electron chi connectivity index (χ1n) is 12.1. The highest BCUT2D eigenvalue weighted by atomic mass is 16.2. The fourth-order valence-corrected chi connectivity index (χ4v) is 4.02. The van der Waals surface area contributed by atoms with Gasteiger partial charge < -0.3 is 10.2 Å². The van der Waals surface area contributed by atoms with Crippen molar-refractivity contribution >= 4 is 11.8 Å². The zero-order valence-corrected chi connectivity index (χ0v) is 19.9. The minimum Gasteiger partial charge on any atom is -0.356 e. The molecule has 0 saturated carbocycles. The van der Waals surface area contributed by atoms with Crippen LogP contribution in [-0.2, 0) is 4.79 Å². The van der Waals surface area contributed by atoms with E-state index in [-0.39, 0.29) is 24.2 Å². The van der Waals surface area contributed by atoms with Crippen LogP contribution in [0.25, 0.3) is 0 Å². The molecule has 1 aromatic heterocycles.